The summed E-state index contributed by atoms with van der Waals surface area (Å²) >= 11 is 0. The number of fused-ring (bicyclic) bond motifs is 2. The van der Waals surface area contributed by atoms with E-state index in [0.29, 0.717) is 12.2 Å². The van der Waals surface area contributed by atoms with Gasteiger partial charge in [0.05, 0.1) is 11.2 Å². The Bertz CT molecular complexity index is 1070. The van der Waals surface area contributed by atoms with Crippen LogP contribution in [0.25, 0.3) is 17.0 Å². The maximum atomic E-state index is 12.7. The van der Waals surface area contributed by atoms with Gasteiger partial charge in [0.15, 0.2) is 6.10 Å². The molecule has 1 aromatic heterocycles. The number of rotatable bonds is 4. The maximum absolute atomic E-state index is 12.7. The number of ether oxygens (including phenoxy) is 1. The average Bonchev–Trinajstić information content (AvgIpc) is 3.15. The molecule has 28 heavy (non-hydrogen) atoms. The molecule has 0 fully saturated rings. The summed E-state index contributed by atoms with van der Waals surface area (Å²) < 4.78 is 5.30. The van der Waals surface area contributed by atoms with Crippen molar-refractivity contribution in [1.82, 2.24) is 4.98 Å². The van der Waals surface area contributed by atoms with Gasteiger partial charge in [-0.15, -0.1) is 0 Å². The minimum atomic E-state index is -0.854. The molecule has 5 nitrogen and oxygen atoms in total. The maximum Gasteiger partial charge on any atom is 0.331 e. The van der Waals surface area contributed by atoms with Crippen LogP contribution in [-0.4, -0.2) is 29.5 Å². The smallest absolute Gasteiger partial charge is 0.331 e. The zero-order chi connectivity index (χ0) is 19.5. The fourth-order valence-electron chi connectivity index (χ4n) is 3.38. The van der Waals surface area contributed by atoms with E-state index in [9.17, 15) is 9.59 Å². The van der Waals surface area contributed by atoms with Crippen LogP contribution in [0.1, 0.15) is 18.2 Å². The molecule has 0 saturated carbocycles. The van der Waals surface area contributed by atoms with Crippen LogP contribution in [0.4, 0.5) is 5.69 Å². The topological polar surface area (TPSA) is 59.5 Å². The molecule has 1 atom stereocenters. The molecular weight excluding hydrogens is 352 g/mol. The normalized spacial score (nSPS) is 14.2. The highest BCUT2D eigenvalue weighted by Gasteiger charge is 2.29. The van der Waals surface area contributed by atoms with E-state index in [4.69, 9.17) is 4.74 Å². The van der Waals surface area contributed by atoms with Crippen molar-refractivity contribution >= 4 is 34.5 Å². The lowest BCUT2D eigenvalue weighted by molar-refractivity contribution is -0.149. The summed E-state index contributed by atoms with van der Waals surface area (Å²) in [5.74, 6) is -0.779. The minimum Gasteiger partial charge on any atom is -0.449 e. The predicted molar refractivity (Wildman–Crippen MR) is 109 cm³/mol. The largest absolute Gasteiger partial charge is 0.449 e. The minimum absolute atomic E-state index is 0.212. The Balaban J connectivity index is 1.40. The van der Waals surface area contributed by atoms with Crippen molar-refractivity contribution in [2.75, 3.05) is 11.4 Å². The van der Waals surface area contributed by atoms with Crippen molar-refractivity contribution in [1.29, 1.82) is 0 Å². The van der Waals surface area contributed by atoms with Crippen LogP contribution in [0.15, 0.2) is 66.7 Å². The first-order valence-corrected chi connectivity index (χ1v) is 9.25. The monoisotopic (exact) mass is 372 g/mol. The number of aromatic nitrogens is 1. The van der Waals surface area contributed by atoms with E-state index in [1.165, 1.54) is 6.08 Å². The Labute approximate surface area is 163 Å². The SMILES string of the molecule is C[C@@H](OC(=O)/C=C/c1ccc2ccccc2n1)C(=O)N1CCc2ccccc21. The van der Waals surface area contributed by atoms with Gasteiger partial charge in [-0.05, 0) is 43.2 Å². The summed E-state index contributed by atoms with van der Waals surface area (Å²) in [6.07, 6.45) is 2.86. The quantitative estimate of drug-likeness (QED) is 0.517. The summed E-state index contributed by atoms with van der Waals surface area (Å²) in [5.41, 5.74) is 3.54. The molecule has 1 amide bonds. The molecule has 2 aromatic carbocycles. The van der Waals surface area contributed by atoms with E-state index in [2.05, 4.69) is 4.98 Å². The van der Waals surface area contributed by atoms with Crippen LogP contribution < -0.4 is 4.90 Å². The molecule has 0 N–H and O–H groups in total. The summed E-state index contributed by atoms with van der Waals surface area (Å²) in [6.45, 7) is 2.21. The number of para-hydroxylation sites is 2. The van der Waals surface area contributed by atoms with Crippen molar-refractivity contribution in [3.63, 3.8) is 0 Å². The number of carbonyl (C=O) groups is 2. The van der Waals surface area contributed by atoms with Gasteiger partial charge in [0.1, 0.15) is 0 Å². The third-order valence-corrected chi connectivity index (χ3v) is 4.80. The van der Waals surface area contributed by atoms with Crippen molar-refractivity contribution in [3.05, 3.63) is 78.0 Å². The van der Waals surface area contributed by atoms with E-state index in [-0.39, 0.29) is 5.91 Å². The Morgan fingerprint density at radius 1 is 1.07 bits per heavy atom. The van der Waals surface area contributed by atoms with Crippen LogP contribution in [-0.2, 0) is 20.7 Å². The molecule has 140 valence electrons. The molecule has 5 heteroatoms. The highest BCUT2D eigenvalue weighted by molar-refractivity contribution is 6.00. The lowest BCUT2D eigenvalue weighted by Gasteiger charge is -2.21. The van der Waals surface area contributed by atoms with Crippen molar-refractivity contribution in [2.24, 2.45) is 0 Å². The molecular formula is C23H20N2O3. The second-order valence-corrected chi connectivity index (χ2v) is 6.71. The van der Waals surface area contributed by atoms with Gasteiger partial charge in [0.25, 0.3) is 5.91 Å². The summed E-state index contributed by atoms with van der Waals surface area (Å²) in [5, 5.41) is 1.03. The van der Waals surface area contributed by atoms with E-state index in [1.54, 1.807) is 17.9 Å². The zero-order valence-electron chi connectivity index (χ0n) is 15.5. The van der Waals surface area contributed by atoms with Gasteiger partial charge >= 0.3 is 5.97 Å². The van der Waals surface area contributed by atoms with E-state index in [0.717, 1.165) is 28.6 Å². The summed E-state index contributed by atoms with van der Waals surface area (Å²) in [6, 6.07) is 19.3. The number of esters is 1. The predicted octanol–water partition coefficient (Wildman–Crippen LogP) is 3.77. The number of carbonyl (C=O) groups excluding carboxylic acids is 2. The van der Waals surface area contributed by atoms with Gasteiger partial charge in [0, 0.05) is 23.7 Å². The molecule has 3 aromatic rings. The summed E-state index contributed by atoms with van der Waals surface area (Å²) in [7, 11) is 0. The number of hydrogen-bond acceptors (Lipinski definition) is 4. The fourth-order valence-corrected chi connectivity index (χ4v) is 3.38. The number of pyridine rings is 1. The Hall–Kier alpha value is -3.47. The van der Waals surface area contributed by atoms with Crippen LogP contribution in [0.2, 0.25) is 0 Å². The Morgan fingerprint density at radius 3 is 2.75 bits per heavy atom. The van der Waals surface area contributed by atoms with Crippen LogP contribution in [0.3, 0.4) is 0 Å². The van der Waals surface area contributed by atoms with Crippen LogP contribution in [0.5, 0.6) is 0 Å². The fraction of sp³-hybridized carbons (Fsp3) is 0.174. The van der Waals surface area contributed by atoms with Crippen LogP contribution >= 0.6 is 0 Å². The first kappa shape index (κ1) is 17.9. The van der Waals surface area contributed by atoms with Gasteiger partial charge in [-0.25, -0.2) is 9.78 Å². The second-order valence-electron chi connectivity index (χ2n) is 6.71. The first-order chi connectivity index (χ1) is 13.6. The standard InChI is InChI=1S/C23H20N2O3/c1-16(23(27)25-15-14-18-7-3-5-9-21(18)25)28-22(26)13-12-19-11-10-17-6-2-4-8-20(17)24-19/h2-13,16H,14-15H2,1H3/b13-12+/t16-/m1/s1. The molecule has 1 aliphatic rings. The van der Waals surface area contributed by atoms with E-state index in [1.807, 2.05) is 60.7 Å². The zero-order valence-corrected chi connectivity index (χ0v) is 15.5. The van der Waals surface area contributed by atoms with Gasteiger partial charge in [0.2, 0.25) is 0 Å². The van der Waals surface area contributed by atoms with E-state index >= 15 is 0 Å². The van der Waals surface area contributed by atoms with E-state index < -0.39 is 12.1 Å². The Kier molecular flexibility index (Phi) is 4.89. The average molecular weight is 372 g/mol. The molecule has 2 heterocycles. The summed E-state index contributed by atoms with van der Waals surface area (Å²) in [4.78, 5) is 31.0. The number of benzene rings is 2. The highest BCUT2D eigenvalue weighted by Crippen LogP contribution is 2.28. The van der Waals surface area contributed by atoms with Gasteiger partial charge < -0.3 is 9.64 Å². The molecule has 4 rings (SSSR count). The first-order valence-electron chi connectivity index (χ1n) is 9.25. The number of hydrogen-bond donors (Lipinski definition) is 0. The molecule has 1 aliphatic heterocycles. The van der Waals surface area contributed by atoms with Crippen molar-refractivity contribution in [3.8, 4) is 0 Å². The number of nitrogens with zero attached hydrogens (tertiary/aromatic N) is 2. The molecule has 0 aliphatic carbocycles. The third-order valence-electron chi connectivity index (χ3n) is 4.80. The second kappa shape index (κ2) is 7.64. The number of amides is 1. The lowest BCUT2D eigenvalue weighted by atomic mass is 10.2. The van der Waals surface area contributed by atoms with Gasteiger partial charge in [-0.1, -0.05) is 42.5 Å². The molecule has 0 spiro atoms. The molecule has 0 saturated heterocycles. The molecule has 0 bridgehead atoms. The lowest BCUT2D eigenvalue weighted by Crippen LogP contribution is -2.38. The highest BCUT2D eigenvalue weighted by atomic mass is 16.5. The van der Waals surface area contributed by atoms with Crippen molar-refractivity contribution < 1.29 is 14.3 Å². The molecule has 0 radical (unpaired) electrons. The number of anilines is 1. The van der Waals surface area contributed by atoms with Crippen molar-refractivity contribution in [2.45, 2.75) is 19.4 Å². The van der Waals surface area contributed by atoms with Gasteiger partial charge in [-0.2, -0.15) is 0 Å². The van der Waals surface area contributed by atoms with Crippen LogP contribution in [0, 0.1) is 0 Å². The third kappa shape index (κ3) is 3.64. The Morgan fingerprint density at radius 2 is 1.86 bits per heavy atom. The van der Waals surface area contributed by atoms with Gasteiger partial charge in [-0.3, -0.25) is 4.79 Å². The molecule has 0 unspecified atom stereocenters.